The highest BCUT2D eigenvalue weighted by Gasteiger charge is 2.04. The Hall–Kier alpha value is -0.910. The summed E-state index contributed by atoms with van der Waals surface area (Å²) in [6, 6.07) is 5.66. The number of rotatable bonds is 5. The molecule has 0 bridgehead atoms. The summed E-state index contributed by atoms with van der Waals surface area (Å²) in [5.41, 5.74) is 7.38. The fraction of sp³-hybridized carbons (Fsp3) is 0.333. The molecule has 1 heterocycles. The Kier molecular flexibility index (Phi) is 4.74. The fourth-order valence-corrected chi connectivity index (χ4v) is 2.10. The maximum absolute atomic E-state index is 5.95. The Morgan fingerprint density at radius 1 is 1.33 bits per heavy atom. The number of unbranched alkanes of at least 4 members (excludes halogenated alkanes) is 1. The van der Waals surface area contributed by atoms with Crippen LogP contribution in [0.3, 0.4) is 0 Å². The molecule has 4 nitrogen and oxygen atoms in total. The van der Waals surface area contributed by atoms with Gasteiger partial charge in [-0.1, -0.05) is 16.8 Å². The Balaban J connectivity index is 2.11. The van der Waals surface area contributed by atoms with E-state index in [0.29, 0.717) is 5.02 Å². The monoisotopic (exact) mass is 328 g/mol. The number of nitrogens with zero attached hydrogens (tertiary/aromatic N) is 3. The Labute approximate surface area is 119 Å². The molecule has 0 spiro atoms. The van der Waals surface area contributed by atoms with E-state index in [9.17, 15) is 0 Å². The van der Waals surface area contributed by atoms with E-state index < -0.39 is 0 Å². The minimum atomic E-state index is 0.682. The maximum Gasteiger partial charge on any atom is 0.0831 e. The van der Waals surface area contributed by atoms with Gasteiger partial charge in [0.25, 0.3) is 0 Å². The van der Waals surface area contributed by atoms with Crippen molar-refractivity contribution in [3.8, 4) is 5.69 Å². The average molecular weight is 330 g/mol. The smallest absolute Gasteiger partial charge is 0.0831 e. The van der Waals surface area contributed by atoms with E-state index >= 15 is 0 Å². The second kappa shape index (κ2) is 6.31. The van der Waals surface area contributed by atoms with Crippen LogP contribution in [0, 0.1) is 0 Å². The van der Waals surface area contributed by atoms with Gasteiger partial charge in [-0.05, 0) is 59.9 Å². The highest BCUT2D eigenvalue weighted by molar-refractivity contribution is 9.10. The van der Waals surface area contributed by atoms with Crippen LogP contribution in [0.25, 0.3) is 5.69 Å². The first-order valence-electron chi connectivity index (χ1n) is 5.77. The van der Waals surface area contributed by atoms with Crippen LogP contribution in [-0.2, 0) is 6.42 Å². The van der Waals surface area contributed by atoms with Crippen molar-refractivity contribution >= 4 is 27.5 Å². The molecule has 0 fully saturated rings. The Bertz CT molecular complexity index is 527. The van der Waals surface area contributed by atoms with Gasteiger partial charge >= 0.3 is 0 Å². The standard InChI is InChI=1S/C12H14BrClN4/c13-11-7-10(4-5-12(11)14)18-8-9(16-17-18)3-1-2-6-15/h4-5,7-8H,1-3,6,15H2. The quantitative estimate of drug-likeness (QED) is 0.858. The number of nitrogens with two attached hydrogens (primary N) is 1. The minimum Gasteiger partial charge on any atom is -0.330 e. The van der Waals surface area contributed by atoms with Crippen LogP contribution in [0.4, 0.5) is 0 Å². The van der Waals surface area contributed by atoms with Gasteiger partial charge in [-0.2, -0.15) is 0 Å². The van der Waals surface area contributed by atoms with Gasteiger partial charge in [-0.25, -0.2) is 4.68 Å². The lowest BCUT2D eigenvalue weighted by molar-refractivity contribution is 0.727. The van der Waals surface area contributed by atoms with Crippen molar-refractivity contribution in [2.45, 2.75) is 19.3 Å². The molecule has 0 atom stereocenters. The molecule has 0 saturated heterocycles. The highest BCUT2D eigenvalue weighted by atomic mass is 79.9. The summed E-state index contributed by atoms with van der Waals surface area (Å²) in [6.45, 7) is 0.721. The zero-order valence-electron chi connectivity index (χ0n) is 9.81. The topological polar surface area (TPSA) is 56.7 Å². The molecule has 2 rings (SSSR count). The summed E-state index contributed by atoms with van der Waals surface area (Å²) < 4.78 is 2.60. The van der Waals surface area contributed by atoms with Gasteiger partial charge in [0.2, 0.25) is 0 Å². The number of aryl methyl sites for hydroxylation is 1. The summed E-state index contributed by atoms with van der Waals surface area (Å²) in [5.74, 6) is 0. The van der Waals surface area contributed by atoms with Gasteiger partial charge in [0, 0.05) is 4.47 Å². The van der Waals surface area contributed by atoms with Gasteiger partial charge in [0.15, 0.2) is 0 Å². The maximum atomic E-state index is 5.95. The van der Waals surface area contributed by atoms with Gasteiger partial charge in [0.05, 0.1) is 22.6 Å². The van der Waals surface area contributed by atoms with Crippen LogP contribution in [0.1, 0.15) is 18.5 Å². The number of hydrogen-bond acceptors (Lipinski definition) is 3. The molecular formula is C12H14BrClN4. The summed E-state index contributed by atoms with van der Waals surface area (Å²) >= 11 is 9.35. The van der Waals surface area contributed by atoms with Crippen molar-refractivity contribution < 1.29 is 0 Å². The molecule has 0 aliphatic heterocycles. The van der Waals surface area contributed by atoms with Crippen LogP contribution < -0.4 is 5.73 Å². The fourth-order valence-electron chi connectivity index (χ4n) is 1.62. The first kappa shape index (κ1) is 13.5. The van der Waals surface area contributed by atoms with E-state index in [0.717, 1.165) is 41.7 Å². The predicted octanol–water partition coefficient (Wildman–Crippen LogP) is 2.96. The molecule has 96 valence electrons. The van der Waals surface area contributed by atoms with Crippen molar-refractivity contribution in [3.05, 3.63) is 39.6 Å². The van der Waals surface area contributed by atoms with E-state index in [-0.39, 0.29) is 0 Å². The SMILES string of the molecule is NCCCCc1cn(-c2ccc(Cl)c(Br)c2)nn1. The van der Waals surface area contributed by atoms with E-state index in [1.807, 2.05) is 24.4 Å². The van der Waals surface area contributed by atoms with Crippen molar-refractivity contribution in [2.24, 2.45) is 5.73 Å². The lowest BCUT2D eigenvalue weighted by Gasteiger charge is -2.01. The number of hydrogen-bond donors (Lipinski definition) is 1. The lowest BCUT2D eigenvalue weighted by atomic mass is 10.2. The molecule has 0 saturated carbocycles. The van der Waals surface area contributed by atoms with Gasteiger partial charge < -0.3 is 5.73 Å². The van der Waals surface area contributed by atoms with Crippen molar-refractivity contribution in [2.75, 3.05) is 6.54 Å². The molecule has 0 aliphatic carbocycles. The van der Waals surface area contributed by atoms with Crippen LogP contribution in [-0.4, -0.2) is 21.5 Å². The number of benzene rings is 1. The zero-order valence-corrected chi connectivity index (χ0v) is 12.2. The predicted molar refractivity (Wildman–Crippen MR) is 76.1 cm³/mol. The van der Waals surface area contributed by atoms with Crippen molar-refractivity contribution in [1.29, 1.82) is 0 Å². The second-order valence-corrected chi connectivity index (χ2v) is 5.26. The van der Waals surface area contributed by atoms with Crippen LogP contribution in [0.5, 0.6) is 0 Å². The molecule has 6 heteroatoms. The average Bonchev–Trinajstić information content (AvgIpc) is 2.82. The first-order valence-corrected chi connectivity index (χ1v) is 6.94. The summed E-state index contributed by atoms with van der Waals surface area (Å²) in [6.07, 6.45) is 4.90. The van der Waals surface area contributed by atoms with E-state index in [4.69, 9.17) is 17.3 Å². The third-order valence-corrected chi connectivity index (χ3v) is 3.81. The van der Waals surface area contributed by atoms with Gasteiger partial charge in [-0.3, -0.25) is 0 Å². The molecular weight excluding hydrogens is 316 g/mol. The van der Waals surface area contributed by atoms with Crippen molar-refractivity contribution in [1.82, 2.24) is 15.0 Å². The molecule has 0 unspecified atom stereocenters. The highest BCUT2D eigenvalue weighted by Crippen LogP contribution is 2.24. The Morgan fingerprint density at radius 3 is 2.89 bits per heavy atom. The summed E-state index contributed by atoms with van der Waals surface area (Å²) in [5, 5.41) is 8.93. The molecule has 0 radical (unpaired) electrons. The molecule has 1 aromatic carbocycles. The van der Waals surface area contributed by atoms with Crippen LogP contribution in [0.15, 0.2) is 28.9 Å². The van der Waals surface area contributed by atoms with Crippen LogP contribution in [0.2, 0.25) is 5.02 Å². The molecule has 0 aliphatic rings. The Morgan fingerprint density at radius 2 is 2.17 bits per heavy atom. The molecule has 18 heavy (non-hydrogen) atoms. The molecule has 0 amide bonds. The lowest BCUT2D eigenvalue weighted by Crippen LogP contribution is -1.99. The molecule has 1 aromatic heterocycles. The van der Waals surface area contributed by atoms with Gasteiger partial charge in [0.1, 0.15) is 0 Å². The molecule has 2 N–H and O–H groups in total. The number of aromatic nitrogens is 3. The third kappa shape index (κ3) is 3.31. The molecule has 2 aromatic rings. The van der Waals surface area contributed by atoms with E-state index in [2.05, 4.69) is 26.2 Å². The summed E-state index contributed by atoms with van der Waals surface area (Å²) in [7, 11) is 0. The third-order valence-electron chi connectivity index (χ3n) is 2.60. The van der Waals surface area contributed by atoms with Crippen molar-refractivity contribution in [3.63, 3.8) is 0 Å². The minimum absolute atomic E-state index is 0.682. The normalized spacial score (nSPS) is 10.8. The summed E-state index contributed by atoms with van der Waals surface area (Å²) in [4.78, 5) is 0. The van der Waals surface area contributed by atoms with E-state index in [1.165, 1.54) is 0 Å². The zero-order chi connectivity index (χ0) is 13.0. The second-order valence-electron chi connectivity index (χ2n) is 4.00. The first-order chi connectivity index (χ1) is 8.70. The van der Waals surface area contributed by atoms with Crippen LogP contribution >= 0.6 is 27.5 Å². The largest absolute Gasteiger partial charge is 0.330 e. The number of halogens is 2. The van der Waals surface area contributed by atoms with Gasteiger partial charge in [-0.15, -0.1) is 5.10 Å². The van der Waals surface area contributed by atoms with E-state index in [1.54, 1.807) is 4.68 Å².